The number of nitrogens with zero attached hydrogens (tertiary/aromatic N) is 1. The number of hydrogen-bond acceptors (Lipinski definition) is 7. The van der Waals surface area contributed by atoms with E-state index in [9.17, 15) is 20.0 Å². The van der Waals surface area contributed by atoms with Crippen LogP contribution in [0.4, 0.5) is 11.4 Å². The van der Waals surface area contributed by atoms with Crippen molar-refractivity contribution in [3.63, 3.8) is 0 Å². The monoisotopic (exact) mass is 554 g/mol. The summed E-state index contributed by atoms with van der Waals surface area (Å²) in [5, 5.41) is 30.0. The molecular weight excluding hydrogens is 524 g/mol. The number of carbonyl (C=O) groups excluding carboxylic acids is 2. The van der Waals surface area contributed by atoms with Crippen LogP contribution >= 0.6 is 11.8 Å². The number of allylic oxidation sites excluding steroid dienone is 2. The minimum Gasteiger partial charge on any atom is -0.504 e. The van der Waals surface area contributed by atoms with Gasteiger partial charge < -0.3 is 25.8 Å². The molecule has 0 saturated heterocycles. The van der Waals surface area contributed by atoms with Crippen LogP contribution in [0.3, 0.4) is 0 Å². The second-order valence-electron chi connectivity index (χ2n) is 9.29. The smallest absolute Gasteiger partial charge is 0.254 e. The highest BCUT2D eigenvalue weighted by Gasteiger charge is 2.35. The second-order valence-corrected chi connectivity index (χ2v) is 10.3. The Labute approximate surface area is 237 Å². The molecule has 1 aliphatic heterocycles. The average Bonchev–Trinajstić information content (AvgIpc) is 2.94. The maximum absolute atomic E-state index is 13.6. The normalized spacial score (nSPS) is 14.7. The number of anilines is 2. The minimum absolute atomic E-state index is 0.0470. The van der Waals surface area contributed by atoms with Crippen LogP contribution < -0.4 is 20.7 Å². The van der Waals surface area contributed by atoms with Gasteiger partial charge in [0.05, 0.1) is 35.5 Å². The fraction of sp³-hybridized carbons (Fsp3) is 0.194. The van der Waals surface area contributed by atoms with Crippen LogP contribution in [0.15, 0.2) is 88.6 Å². The molecule has 0 fully saturated rings. The number of rotatable bonds is 8. The van der Waals surface area contributed by atoms with E-state index in [0.717, 1.165) is 16.8 Å². The number of benzene rings is 3. The molecule has 3 aromatic rings. The molecule has 4 rings (SSSR count). The number of nitriles is 1. The SMILES string of the molecule is COc1cc([C@H]2C(C#N)=C(SCC(=O)Nc3cccc(C)c3C)NC(C)=C2C(=O)Nc2ccccc2)ccc1O. The Balaban J connectivity index is 1.67. The summed E-state index contributed by atoms with van der Waals surface area (Å²) in [6.07, 6.45) is 0. The van der Waals surface area contributed by atoms with Crippen molar-refractivity contribution >= 4 is 35.0 Å². The van der Waals surface area contributed by atoms with Gasteiger partial charge in [0.2, 0.25) is 5.91 Å². The van der Waals surface area contributed by atoms with E-state index in [1.807, 2.05) is 50.2 Å². The van der Waals surface area contributed by atoms with E-state index in [1.165, 1.54) is 24.9 Å². The molecular formula is C31H30N4O4S. The maximum atomic E-state index is 13.6. The van der Waals surface area contributed by atoms with Gasteiger partial charge in [-0.15, -0.1) is 0 Å². The molecule has 0 saturated carbocycles. The van der Waals surface area contributed by atoms with Crippen LogP contribution in [0, 0.1) is 25.2 Å². The van der Waals surface area contributed by atoms with Gasteiger partial charge in [-0.3, -0.25) is 9.59 Å². The first-order valence-electron chi connectivity index (χ1n) is 12.6. The number of aryl methyl sites for hydroxylation is 1. The summed E-state index contributed by atoms with van der Waals surface area (Å²) in [5.41, 5.74) is 5.16. The number of phenols is 1. The number of hydrogen-bond donors (Lipinski definition) is 4. The van der Waals surface area contributed by atoms with E-state index in [0.29, 0.717) is 27.6 Å². The second kappa shape index (κ2) is 12.5. The predicted octanol–water partition coefficient (Wildman–Crippen LogP) is 5.72. The molecule has 1 aliphatic rings. The zero-order valence-electron chi connectivity index (χ0n) is 22.7. The molecule has 4 N–H and O–H groups in total. The third-order valence-corrected chi connectivity index (χ3v) is 7.70. The van der Waals surface area contributed by atoms with Crippen molar-refractivity contribution in [2.24, 2.45) is 0 Å². The molecule has 0 radical (unpaired) electrons. The summed E-state index contributed by atoms with van der Waals surface area (Å²) in [4.78, 5) is 26.4. The summed E-state index contributed by atoms with van der Waals surface area (Å²) in [6, 6.07) is 21.8. The van der Waals surface area contributed by atoms with E-state index in [4.69, 9.17) is 4.74 Å². The summed E-state index contributed by atoms with van der Waals surface area (Å²) < 4.78 is 5.30. The molecule has 0 spiro atoms. The number of nitrogens with one attached hydrogen (secondary N) is 3. The molecule has 0 aliphatic carbocycles. The topological polar surface area (TPSA) is 123 Å². The first-order valence-corrected chi connectivity index (χ1v) is 13.6. The van der Waals surface area contributed by atoms with Crippen molar-refractivity contribution in [1.82, 2.24) is 5.32 Å². The van der Waals surface area contributed by atoms with Crippen molar-refractivity contribution in [1.29, 1.82) is 5.26 Å². The minimum atomic E-state index is -0.769. The first-order chi connectivity index (χ1) is 19.2. The standard InChI is InChI=1S/C31H30N4O4S/c1-18-9-8-12-24(19(18)2)35-27(37)17-40-31-23(16-32)29(21-13-14-25(36)26(15-21)39-4)28(20(3)33-31)30(38)34-22-10-6-5-7-11-22/h5-15,29,33,36H,17H2,1-4H3,(H,34,38)(H,35,37)/t29-/m0/s1. The van der Waals surface area contributed by atoms with Crippen molar-refractivity contribution in [3.8, 4) is 17.6 Å². The third-order valence-electron chi connectivity index (χ3n) is 6.69. The lowest BCUT2D eigenvalue weighted by Gasteiger charge is -2.30. The number of phenolic OH excluding ortho intramolecular Hbond substituents is 1. The maximum Gasteiger partial charge on any atom is 0.254 e. The number of dihydropyridines is 1. The van der Waals surface area contributed by atoms with E-state index >= 15 is 0 Å². The molecule has 1 atom stereocenters. The van der Waals surface area contributed by atoms with E-state index in [1.54, 1.807) is 31.2 Å². The molecule has 204 valence electrons. The highest BCUT2D eigenvalue weighted by Crippen LogP contribution is 2.43. The van der Waals surface area contributed by atoms with E-state index < -0.39 is 5.92 Å². The Hall–Kier alpha value is -4.68. The molecule has 1 heterocycles. The largest absolute Gasteiger partial charge is 0.504 e. The Morgan fingerprint density at radius 3 is 2.50 bits per heavy atom. The third kappa shape index (κ3) is 6.14. The van der Waals surface area contributed by atoms with E-state index in [2.05, 4.69) is 22.0 Å². The van der Waals surface area contributed by atoms with Crippen LogP contribution in [0.25, 0.3) is 0 Å². The number of methoxy groups -OCH3 is 1. The zero-order chi connectivity index (χ0) is 28.8. The van der Waals surface area contributed by atoms with Crippen LogP contribution in [0.5, 0.6) is 11.5 Å². The Morgan fingerprint density at radius 2 is 1.80 bits per heavy atom. The number of thioether (sulfide) groups is 1. The molecule has 8 nitrogen and oxygen atoms in total. The number of aromatic hydroxyl groups is 1. The van der Waals surface area contributed by atoms with Gasteiger partial charge in [0.25, 0.3) is 5.91 Å². The molecule has 0 unspecified atom stereocenters. The number of carbonyl (C=O) groups is 2. The van der Waals surface area contributed by atoms with Crippen LogP contribution in [0.2, 0.25) is 0 Å². The van der Waals surface area contributed by atoms with Crippen molar-refractivity contribution in [2.45, 2.75) is 26.7 Å². The number of ether oxygens (including phenoxy) is 1. The molecule has 2 amide bonds. The summed E-state index contributed by atoms with van der Waals surface area (Å²) in [5.74, 6) is -1.16. The lowest BCUT2D eigenvalue weighted by atomic mass is 9.82. The van der Waals surface area contributed by atoms with E-state index in [-0.39, 0.29) is 34.6 Å². The summed E-state index contributed by atoms with van der Waals surface area (Å²) in [6.45, 7) is 5.69. The predicted molar refractivity (Wildman–Crippen MR) is 158 cm³/mol. The van der Waals surface area contributed by atoms with Gasteiger partial charge in [0.15, 0.2) is 11.5 Å². The van der Waals surface area contributed by atoms with Gasteiger partial charge in [-0.2, -0.15) is 5.26 Å². The Morgan fingerprint density at radius 1 is 1.05 bits per heavy atom. The van der Waals surface area contributed by atoms with Gasteiger partial charge in [-0.25, -0.2) is 0 Å². The highest BCUT2D eigenvalue weighted by atomic mass is 32.2. The van der Waals surface area contributed by atoms with Crippen molar-refractivity contribution in [2.75, 3.05) is 23.5 Å². The fourth-order valence-electron chi connectivity index (χ4n) is 4.46. The molecule has 40 heavy (non-hydrogen) atoms. The Bertz CT molecular complexity index is 1560. The zero-order valence-corrected chi connectivity index (χ0v) is 23.5. The van der Waals surface area contributed by atoms with Crippen LogP contribution in [-0.2, 0) is 9.59 Å². The first kappa shape index (κ1) is 28.3. The highest BCUT2D eigenvalue weighted by molar-refractivity contribution is 8.03. The number of para-hydroxylation sites is 1. The summed E-state index contributed by atoms with van der Waals surface area (Å²) >= 11 is 1.19. The Kier molecular flexibility index (Phi) is 8.82. The average molecular weight is 555 g/mol. The number of amides is 2. The summed E-state index contributed by atoms with van der Waals surface area (Å²) in [7, 11) is 1.43. The lowest BCUT2D eigenvalue weighted by molar-refractivity contribution is -0.114. The van der Waals surface area contributed by atoms with Gasteiger partial charge in [0.1, 0.15) is 0 Å². The van der Waals surface area contributed by atoms with Crippen molar-refractivity contribution < 1.29 is 19.4 Å². The van der Waals surface area contributed by atoms with Gasteiger partial charge in [-0.05, 0) is 67.8 Å². The molecule has 9 heteroatoms. The molecule has 3 aromatic carbocycles. The van der Waals surface area contributed by atoms with Gasteiger partial charge in [-0.1, -0.05) is 48.2 Å². The van der Waals surface area contributed by atoms with Gasteiger partial charge >= 0.3 is 0 Å². The lowest BCUT2D eigenvalue weighted by Crippen LogP contribution is -2.31. The van der Waals surface area contributed by atoms with Gasteiger partial charge in [0, 0.05) is 22.6 Å². The fourth-order valence-corrected chi connectivity index (χ4v) is 5.36. The van der Waals surface area contributed by atoms with Crippen LogP contribution in [-0.4, -0.2) is 29.8 Å². The van der Waals surface area contributed by atoms with Crippen molar-refractivity contribution in [3.05, 3.63) is 105 Å². The van der Waals surface area contributed by atoms with Crippen LogP contribution in [0.1, 0.15) is 29.5 Å². The molecule has 0 aromatic heterocycles. The quantitative estimate of drug-likeness (QED) is 0.281. The molecule has 0 bridgehead atoms.